The maximum atomic E-state index is 12.4. The third-order valence-corrected chi connectivity index (χ3v) is 4.87. The zero-order chi connectivity index (χ0) is 17.1. The first-order valence-corrected chi connectivity index (χ1v) is 9.17. The summed E-state index contributed by atoms with van der Waals surface area (Å²) in [6, 6.07) is 0. The fourth-order valence-corrected chi connectivity index (χ4v) is 3.50. The van der Waals surface area contributed by atoms with Gasteiger partial charge in [-0.05, 0) is 14.1 Å². The second-order valence-electron chi connectivity index (χ2n) is 6.03. The lowest BCUT2D eigenvalue weighted by atomic mass is 10.3. The minimum atomic E-state index is -0.243. The summed E-state index contributed by atoms with van der Waals surface area (Å²) in [5.74, 6) is 2.91. The predicted molar refractivity (Wildman–Crippen MR) is 96.7 cm³/mol. The van der Waals surface area contributed by atoms with Crippen LogP contribution in [0.1, 0.15) is 10.6 Å². The van der Waals surface area contributed by atoms with Gasteiger partial charge in [-0.2, -0.15) is 16.9 Å². The van der Waals surface area contributed by atoms with Crippen LogP contribution >= 0.6 is 11.8 Å². The molecule has 24 heavy (non-hydrogen) atoms. The van der Waals surface area contributed by atoms with Gasteiger partial charge in [0.25, 0.3) is 5.91 Å². The lowest BCUT2D eigenvalue weighted by Crippen LogP contribution is -2.35. The topological polar surface area (TPSA) is 79.2 Å². The van der Waals surface area contributed by atoms with Gasteiger partial charge in [-0.1, -0.05) is 0 Å². The smallest absolute Gasteiger partial charge is 0.289 e. The summed E-state index contributed by atoms with van der Waals surface area (Å²) >= 11 is 1.94. The molecule has 0 unspecified atom stereocenters. The summed E-state index contributed by atoms with van der Waals surface area (Å²) in [4.78, 5) is 25.7. The second-order valence-corrected chi connectivity index (χ2v) is 7.26. The Morgan fingerprint density at radius 1 is 1.33 bits per heavy atom. The SMILES string of the molecule is CN(C)CCNC(=O)c1nc(N2CCSCC2)c2cnn(C)c2n1. The van der Waals surface area contributed by atoms with Crippen LogP contribution in [0.15, 0.2) is 6.20 Å². The van der Waals surface area contributed by atoms with Gasteiger partial charge < -0.3 is 15.1 Å². The first kappa shape index (κ1) is 17.0. The van der Waals surface area contributed by atoms with Crippen LogP contribution in [0, 0.1) is 0 Å². The van der Waals surface area contributed by atoms with Gasteiger partial charge in [-0.3, -0.25) is 9.48 Å². The van der Waals surface area contributed by atoms with Gasteiger partial charge in [-0.25, -0.2) is 9.97 Å². The zero-order valence-corrected chi connectivity index (χ0v) is 15.1. The van der Waals surface area contributed by atoms with Crippen LogP contribution < -0.4 is 10.2 Å². The Bertz CT molecular complexity index is 724. The zero-order valence-electron chi connectivity index (χ0n) is 14.3. The maximum Gasteiger partial charge on any atom is 0.289 e. The van der Waals surface area contributed by atoms with E-state index in [9.17, 15) is 4.79 Å². The summed E-state index contributed by atoms with van der Waals surface area (Å²) in [5.41, 5.74) is 0.691. The van der Waals surface area contributed by atoms with Crippen molar-refractivity contribution in [1.29, 1.82) is 0 Å². The molecule has 0 atom stereocenters. The molecule has 0 spiro atoms. The van der Waals surface area contributed by atoms with Crippen molar-refractivity contribution in [2.45, 2.75) is 0 Å². The molecule has 8 nitrogen and oxygen atoms in total. The third kappa shape index (κ3) is 3.62. The first-order chi connectivity index (χ1) is 11.6. The Hall–Kier alpha value is -1.87. The number of anilines is 1. The van der Waals surface area contributed by atoms with Crippen LogP contribution in [0.3, 0.4) is 0 Å². The molecule has 9 heteroatoms. The molecule has 0 radical (unpaired) electrons. The van der Waals surface area contributed by atoms with Gasteiger partial charge in [0.05, 0.1) is 11.6 Å². The highest BCUT2D eigenvalue weighted by Crippen LogP contribution is 2.25. The summed E-state index contributed by atoms with van der Waals surface area (Å²) < 4.78 is 1.69. The normalized spacial score (nSPS) is 15.2. The molecule has 1 aliphatic rings. The van der Waals surface area contributed by atoms with Crippen molar-refractivity contribution in [2.75, 3.05) is 56.7 Å². The standard InChI is InChI=1S/C15H23N7OS/c1-20(2)5-4-16-15(23)12-18-13-11(10-17-21(13)3)14(19-12)22-6-8-24-9-7-22/h10H,4-9H2,1-3H3,(H,16,23). The summed E-state index contributed by atoms with van der Waals surface area (Å²) in [7, 11) is 5.77. The molecule has 1 N–H and O–H groups in total. The van der Waals surface area contributed by atoms with Crippen molar-refractivity contribution >= 4 is 34.5 Å². The van der Waals surface area contributed by atoms with E-state index in [4.69, 9.17) is 0 Å². The molecule has 1 amide bonds. The van der Waals surface area contributed by atoms with Gasteiger partial charge in [0, 0.05) is 44.7 Å². The number of aryl methyl sites for hydroxylation is 1. The number of amides is 1. The van der Waals surface area contributed by atoms with Gasteiger partial charge in [-0.15, -0.1) is 0 Å². The average molecular weight is 349 g/mol. The van der Waals surface area contributed by atoms with Gasteiger partial charge in [0.1, 0.15) is 5.82 Å². The fourth-order valence-electron chi connectivity index (χ4n) is 2.60. The number of likely N-dealkylation sites (N-methyl/N-ethyl adjacent to an activating group) is 1. The number of nitrogens with one attached hydrogen (secondary N) is 1. The number of carbonyl (C=O) groups is 1. The van der Waals surface area contributed by atoms with E-state index in [2.05, 4.69) is 25.3 Å². The van der Waals surface area contributed by atoms with Crippen molar-refractivity contribution in [2.24, 2.45) is 7.05 Å². The van der Waals surface area contributed by atoms with Crippen LogP contribution in [-0.2, 0) is 7.05 Å². The van der Waals surface area contributed by atoms with E-state index in [0.29, 0.717) is 12.2 Å². The van der Waals surface area contributed by atoms with E-state index in [1.54, 1.807) is 10.9 Å². The predicted octanol–water partition coefficient (Wildman–Crippen LogP) is 0.208. The monoisotopic (exact) mass is 349 g/mol. The molecule has 2 aromatic heterocycles. The summed E-state index contributed by atoms with van der Waals surface area (Å²) in [5, 5.41) is 8.06. The molecule has 1 saturated heterocycles. The second kappa shape index (κ2) is 7.35. The number of rotatable bonds is 5. The summed E-state index contributed by atoms with van der Waals surface area (Å²) in [6.07, 6.45) is 1.78. The van der Waals surface area contributed by atoms with Crippen LogP contribution in [-0.4, -0.2) is 82.3 Å². The van der Waals surface area contributed by atoms with Crippen LogP contribution in [0.25, 0.3) is 11.0 Å². The number of nitrogens with zero attached hydrogens (tertiary/aromatic N) is 6. The lowest BCUT2D eigenvalue weighted by Gasteiger charge is -2.28. The van der Waals surface area contributed by atoms with Crippen molar-refractivity contribution < 1.29 is 4.79 Å². The summed E-state index contributed by atoms with van der Waals surface area (Å²) in [6.45, 7) is 3.19. The molecule has 130 valence electrons. The van der Waals surface area contributed by atoms with E-state index in [1.165, 1.54) is 0 Å². The van der Waals surface area contributed by atoms with Gasteiger partial charge >= 0.3 is 0 Å². The molecule has 1 fully saturated rings. The highest BCUT2D eigenvalue weighted by molar-refractivity contribution is 7.99. The Balaban J connectivity index is 1.90. The molecule has 0 aliphatic carbocycles. The van der Waals surface area contributed by atoms with E-state index >= 15 is 0 Å². The number of carbonyl (C=O) groups excluding carboxylic acids is 1. The molecule has 0 saturated carbocycles. The molecule has 3 rings (SSSR count). The highest BCUT2D eigenvalue weighted by atomic mass is 32.2. The fraction of sp³-hybridized carbons (Fsp3) is 0.600. The van der Waals surface area contributed by atoms with E-state index < -0.39 is 0 Å². The van der Waals surface area contributed by atoms with Gasteiger partial charge in [0.15, 0.2) is 5.65 Å². The van der Waals surface area contributed by atoms with E-state index in [1.807, 2.05) is 37.8 Å². The maximum absolute atomic E-state index is 12.4. The van der Waals surface area contributed by atoms with Crippen molar-refractivity contribution in [3.8, 4) is 0 Å². The minimum absolute atomic E-state index is 0.207. The molecule has 0 aromatic carbocycles. The Morgan fingerprint density at radius 3 is 2.79 bits per heavy atom. The molecule has 1 aliphatic heterocycles. The van der Waals surface area contributed by atoms with Crippen molar-refractivity contribution in [3.63, 3.8) is 0 Å². The number of aromatic nitrogens is 4. The number of fused-ring (bicyclic) bond motifs is 1. The third-order valence-electron chi connectivity index (χ3n) is 3.93. The number of thioether (sulfide) groups is 1. The van der Waals surface area contributed by atoms with E-state index in [-0.39, 0.29) is 11.7 Å². The molecular weight excluding hydrogens is 326 g/mol. The first-order valence-electron chi connectivity index (χ1n) is 8.01. The Morgan fingerprint density at radius 2 is 2.08 bits per heavy atom. The van der Waals surface area contributed by atoms with Crippen molar-refractivity contribution in [3.05, 3.63) is 12.0 Å². The Kier molecular flexibility index (Phi) is 5.20. The quantitative estimate of drug-likeness (QED) is 0.826. The number of hydrogen-bond donors (Lipinski definition) is 1. The van der Waals surface area contributed by atoms with Crippen LogP contribution in [0.2, 0.25) is 0 Å². The van der Waals surface area contributed by atoms with Crippen LogP contribution in [0.5, 0.6) is 0 Å². The average Bonchev–Trinajstić information content (AvgIpc) is 2.96. The Labute approximate surface area is 145 Å². The highest BCUT2D eigenvalue weighted by Gasteiger charge is 2.21. The largest absolute Gasteiger partial charge is 0.354 e. The molecule has 2 aromatic rings. The van der Waals surface area contributed by atoms with E-state index in [0.717, 1.165) is 42.3 Å². The lowest BCUT2D eigenvalue weighted by molar-refractivity contribution is 0.0941. The molecule has 0 bridgehead atoms. The number of hydrogen-bond acceptors (Lipinski definition) is 7. The minimum Gasteiger partial charge on any atom is -0.354 e. The van der Waals surface area contributed by atoms with Crippen molar-refractivity contribution in [1.82, 2.24) is 30.0 Å². The van der Waals surface area contributed by atoms with Gasteiger partial charge in [0.2, 0.25) is 5.82 Å². The molecule has 3 heterocycles. The molecular formula is C15H23N7OS. The van der Waals surface area contributed by atoms with Crippen LogP contribution in [0.4, 0.5) is 5.82 Å².